The minimum absolute atomic E-state index is 0.452. The molecule has 2 N–H and O–H groups in total. The maximum absolute atomic E-state index is 5.98. The monoisotopic (exact) mass is 378 g/mol. The van der Waals surface area contributed by atoms with Gasteiger partial charge < -0.3 is 13.9 Å². The van der Waals surface area contributed by atoms with Gasteiger partial charge in [-0.1, -0.05) is 0 Å². The van der Waals surface area contributed by atoms with Crippen molar-refractivity contribution >= 4 is 22.7 Å². The minimum atomic E-state index is 0.452. The molecule has 0 bridgehead atoms. The number of nitrogens with one attached hydrogen (secondary N) is 2. The van der Waals surface area contributed by atoms with Crippen LogP contribution in [0.5, 0.6) is 11.6 Å². The summed E-state index contributed by atoms with van der Waals surface area (Å²) >= 11 is 0. The second-order valence-corrected chi connectivity index (χ2v) is 5.88. The molecule has 0 radical (unpaired) electrons. The zero-order chi connectivity index (χ0) is 19.5. The number of ether oxygens (including phenoxy) is 2. The van der Waals surface area contributed by atoms with Crippen molar-refractivity contribution in [3.63, 3.8) is 0 Å². The number of rotatable bonds is 6. The number of hydrogen-bond acceptors (Lipinski definition) is 9. The van der Waals surface area contributed by atoms with Gasteiger partial charge in [0.25, 0.3) is 0 Å². The molecule has 0 aliphatic heterocycles. The van der Waals surface area contributed by atoms with Gasteiger partial charge in [0.1, 0.15) is 24.2 Å². The summed E-state index contributed by atoms with van der Waals surface area (Å²) in [4.78, 5) is 16.7. The number of anilines is 2. The van der Waals surface area contributed by atoms with Crippen LogP contribution in [0, 0.1) is 6.92 Å². The third-order valence-corrected chi connectivity index (χ3v) is 4.24. The van der Waals surface area contributed by atoms with E-state index in [1.165, 1.54) is 12.7 Å². The van der Waals surface area contributed by atoms with Gasteiger partial charge >= 0.3 is 0 Å². The van der Waals surface area contributed by atoms with Crippen LogP contribution in [-0.4, -0.2) is 34.2 Å². The molecule has 142 valence electrons. The summed E-state index contributed by atoms with van der Waals surface area (Å²) in [6, 6.07) is 9.31. The van der Waals surface area contributed by atoms with E-state index < -0.39 is 0 Å². The first-order valence-electron chi connectivity index (χ1n) is 8.46. The first kappa shape index (κ1) is 17.5. The van der Waals surface area contributed by atoms with Crippen LogP contribution in [0.4, 0.5) is 11.6 Å². The third kappa shape index (κ3) is 3.25. The topological polar surface area (TPSA) is 107 Å². The Kier molecular flexibility index (Phi) is 4.63. The van der Waals surface area contributed by atoms with Crippen LogP contribution in [0.15, 0.2) is 47.4 Å². The Morgan fingerprint density at radius 2 is 1.68 bits per heavy atom. The van der Waals surface area contributed by atoms with Gasteiger partial charge in [0.05, 0.1) is 19.6 Å². The van der Waals surface area contributed by atoms with Crippen molar-refractivity contribution in [2.45, 2.75) is 6.92 Å². The van der Waals surface area contributed by atoms with Crippen LogP contribution < -0.4 is 20.3 Å². The largest absolute Gasteiger partial charge is 0.497 e. The fourth-order valence-corrected chi connectivity index (χ4v) is 2.83. The van der Waals surface area contributed by atoms with Gasteiger partial charge in [-0.25, -0.2) is 19.9 Å². The number of aryl methyl sites for hydroxylation is 1. The summed E-state index contributed by atoms with van der Waals surface area (Å²) in [5.41, 5.74) is 8.38. The summed E-state index contributed by atoms with van der Waals surface area (Å²) in [7, 11) is 3.18. The van der Waals surface area contributed by atoms with Crippen LogP contribution in [0.2, 0.25) is 0 Å². The van der Waals surface area contributed by atoms with E-state index in [1.807, 2.05) is 31.2 Å². The van der Waals surface area contributed by atoms with Crippen LogP contribution in [0.3, 0.4) is 0 Å². The molecule has 4 aromatic rings. The fourth-order valence-electron chi connectivity index (χ4n) is 2.83. The molecule has 0 saturated heterocycles. The lowest BCUT2D eigenvalue weighted by atomic mass is 10.1. The lowest BCUT2D eigenvalue weighted by Crippen LogP contribution is -2.12. The summed E-state index contributed by atoms with van der Waals surface area (Å²) in [5, 5.41) is 0.779. The standard InChI is InChI=1S/C19H18N6O3/c1-11-16-18(25-24-14-8-15(27-3)21-9-20-14)22-10-23-19(16)28-17(11)12-4-6-13(26-2)7-5-12/h4-10H,1-3H3,(H,20,21,24)(H,22,23,25). The molecule has 0 fully saturated rings. The van der Waals surface area contributed by atoms with E-state index >= 15 is 0 Å². The molecule has 0 saturated carbocycles. The fraction of sp³-hybridized carbons (Fsp3) is 0.158. The molecule has 9 nitrogen and oxygen atoms in total. The van der Waals surface area contributed by atoms with E-state index in [0.29, 0.717) is 23.2 Å². The predicted octanol–water partition coefficient (Wildman–Crippen LogP) is 3.44. The molecule has 9 heteroatoms. The van der Waals surface area contributed by atoms with Gasteiger partial charge in [0.2, 0.25) is 11.6 Å². The van der Waals surface area contributed by atoms with Crippen molar-refractivity contribution in [1.82, 2.24) is 19.9 Å². The number of furan rings is 1. The van der Waals surface area contributed by atoms with Crippen molar-refractivity contribution < 1.29 is 13.9 Å². The van der Waals surface area contributed by atoms with Crippen molar-refractivity contribution in [1.29, 1.82) is 0 Å². The zero-order valence-corrected chi connectivity index (χ0v) is 15.6. The smallest absolute Gasteiger partial charge is 0.232 e. The molecule has 0 spiro atoms. The number of nitrogens with zero attached hydrogens (tertiary/aromatic N) is 4. The van der Waals surface area contributed by atoms with Gasteiger partial charge in [-0.3, -0.25) is 10.9 Å². The molecular weight excluding hydrogens is 360 g/mol. The van der Waals surface area contributed by atoms with Crippen molar-refractivity contribution in [2.75, 3.05) is 25.1 Å². The Hall–Kier alpha value is -3.88. The summed E-state index contributed by atoms with van der Waals surface area (Å²) in [6.45, 7) is 1.97. The van der Waals surface area contributed by atoms with Crippen LogP contribution in [-0.2, 0) is 0 Å². The van der Waals surface area contributed by atoms with Crippen molar-refractivity contribution in [3.8, 4) is 23.0 Å². The molecule has 28 heavy (non-hydrogen) atoms. The number of benzene rings is 1. The minimum Gasteiger partial charge on any atom is -0.497 e. The summed E-state index contributed by atoms with van der Waals surface area (Å²) < 4.78 is 16.3. The van der Waals surface area contributed by atoms with E-state index in [-0.39, 0.29) is 0 Å². The molecule has 3 aromatic heterocycles. The van der Waals surface area contributed by atoms with E-state index in [9.17, 15) is 0 Å². The highest BCUT2D eigenvalue weighted by molar-refractivity contribution is 5.93. The van der Waals surface area contributed by atoms with Crippen molar-refractivity contribution in [2.24, 2.45) is 0 Å². The second-order valence-electron chi connectivity index (χ2n) is 5.88. The summed E-state index contributed by atoms with van der Waals surface area (Å²) in [5.74, 6) is 3.07. The Morgan fingerprint density at radius 1 is 0.893 bits per heavy atom. The summed E-state index contributed by atoms with van der Waals surface area (Å²) in [6.07, 6.45) is 2.84. The molecule has 0 aliphatic rings. The number of methoxy groups -OCH3 is 2. The Balaban J connectivity index is 1.66. The third-order valence-electron chi connectivity index (χ3n) is 4.24. The number of aromatic nitrogens is 4. The number of fused-ring (bicyclic) bond motifs is 1. The van der Waals surface area contributed by atoms with Gasteiger partial charge in [0.15, 0.2) is 11.6 Å². The zero-order valence-electron chi connectivity index (χ0n) is 15.6. The Labute approximate surface area is 160 Å². The highest BCUT2D eigenvalue weighted by Gasteiger charge is 2.17. The maximum Gasteiger partial charge on any atom is 0.232 e. The van der Waals surface area contributed by atoms with Gasteiger partial charge in [-0.15, -0.1) is 0 Å². The molecular formula is C19H18N6O3. The van der Waals surface area contributed by atoms with E-state index in [4.69, 9.17) is 13.9 Å². The molecule has 0 aliphatic carbocycles. The molecule has 3 heterocycles. The van der Waals surface area contributed by atoms with Crippen LogP contribution in [0.1, 0.15) is 5.56 Å². The predicted molar refractivity (Wildman–Crippen MR) is 104 cm³/mol. The first-order valence-corrected chi connectivity index (χ1v) is 8.46. The SMILES string of the molecule is COc1ccc(-c2oc3ncnc(NNc4cc(OC)ncn4)c3c2C)cc1. The Bertz CT molecular complexity index is 1110. The number of hydrazine groups is 1. The molecule has 0 atom stereocenters. The first-order chi connectivity index (χ1) is 13.7. The highest BCUT2D eigenvalue weighted by atomic mass is 16.5. The lowest BCUT2D eigenvalue weighted by Gasteiger charge is -2.09. The molecule has 0 unspecified atom stereocenters. The van der Waals surface area contributed by atoms with Crippen LogP contribution >= 0.6 is 0 Å². The number of hydrogen-bond donors (Lipinski definition) is 2. The molecule has 0 amide bonds. The van der Waals surface area contributed by atoms with Gasteiger partial charge in [0, 0.05) is 17.2 Å². The molecule has 1 aromatic carbocycles. The van der Waals surface area contributed by atoms with Crippen molar-refractivity contribution in [3.05, 3.63) is 48.5 Å². The highest BCUT2D eigenvalue weighted by Crippen LogP contribution is 2.35. The Morgan fingerprint density at radius 3 is 2.43 bits per heavy atom. The lowest BCUT2D eigenvalue weighted by molar-refractivity contribution is 0.397. The van der Waals surface area contributed by atoms with Crippen LogP contribution in [0.25, 0.3) is 22.4 Å². The molecule has 4 rings (SSSR count). The van der Waals surface area contributed by atoms with Gasteiger partial charge in [-0.2, -0.15) is 0 Å². The van der Waals surface area contributed by atoms with E-state index in [0.717, 1.165) is 28.0 Å². The second kappa shape index (κ2) is 7.39. The van der Waals surface area contributed by atoms with E-state index in [2.05, 4.69) is 30.8 Å². The average molecular weight is 378 g/mol. The van der Waals surface area contributed by atoms with E-state index in [1.54, 1.807) is 20.3 Å². The maximum atomic E-state index is 5.98. The normalized spacial score (nSPS) is 10.7. The van der Waals surface area contributed by atoms with Gasteiger partial charge in [-0.05, 0) is 31.2 Å². The average Bonchev–Trinajstić information content (AvgIpc) is 3.09. The quantitative estimate of drug-likeness (QED) is 0.488.